The van der Waals surface area contributed by atoms with Crippen molar-refractivity contribution in [1.82, 2.24) is 0 Å². The first-order valence-corrected chi connectivity index (χ1v) is 8.75. The molecule has 0 aliphatic carbocycles. The molecule has 0 aliphatic rings. The Morgan fingerprint density at radius 1 is 1.00 bits per heavy atom. The highest BCUT2D eigenvalue weighted by molar-refractivity contribution is 6.81. The number of rotatable bonds is 5. The van der Waals surface area contributed by atoms with Crippen LogP contribution in [-0.4, -0.2) is 19.8 Å². The minimum absolute atomic E-state index is 0.107. The molecule has 0 radical (unpaired) electrons. The van der Waals surface area contributed by atoms with E-state index in [0.29, 0.717) is 0 Å². The second-order valence-electron chi connectivity index (χ2n) is 5.25. The standard InChI is InChI=1S/C12H27NSi/c1-7-14(8-2,9-3)11-10-13-12(4,5)6/h10H,7-9,11H2,1-6H3/b13-10+. The number of nitrogens with zero attached hydrogens (tertiary/aromatic N) is 1. The molecule has 0 aromatic heterocycles. The summed E-state index contributed by atoms with van der Waals surface area (Å²) in [6.45, 7) is 13.5. The predicted molar refractivity (Wildman–Crippen MR) is 70.2 cm³/mol. The lowest BCUT2D eigenvalue weighted by molar-refractivity contribution is 0.586. The maximum absolute atomic E-state index is 4.59. The molecule has 0 aromatic carbocycles. The molecule has 0 atom stereocenters. The Hall–Kier alpha value is -0.113. The second kappa shape index (κ2) is 5.69. The summed E-state index contributed by atoms with van der Waals surface area (Å²) in [5.41, 5.74) is 0.107. The zero-order chi connectivity index (χ0) is 11.2. The van der Waals surface area contributed by atoms with Gasteiger partial charge in [-0.15, -0.1) is 0 Å². The highest BCUT2D eigenvalue weighted by atomic mass is 28.3. The molecule has 0 fully saturated rings. The van der Waals surface area contributed by atoms with Gasteiger partial charge in [-0.2, -0.15) is 0 Å². The lowest BCUT2D eigenvalue weighted by Gasteiger charge is -2.26. The van der Waals surface area contributed by atoms with E-state index in [2.05, 4.69) is 52.7 Å². The van der Waals surface area contributed by atoms with Gasteiger partial charge < -0.3 is 0 Å². The van der Waals surface area contributed by atoms with Crippen molar-refractivity contribution in [2.75, 3.05) is 0 Å². The quantitative estimate of drug-likeness (QED) is 0.475. The van der Waals surface area contributed by atoms with Crippen molar-refractivity contribution in [3.63, 3.8) is 0 Å². The highest BCUT2D eigenvalue weighted by Crippen LogP contribution is 2.24. The molecular formula is C12H27NSi. The van der Waals surface area contributed by atoms with Gasteiger partial charge in [0.15, 0.2) is 0 Å². The van der Waals surface area contributed by atoms with Gasteiger partial charge in [-0.1, -0.05) is 38.9 Å². The molecule has 14 heavy (non-hydrogen) atoms. The minimum Gasteiger partial charge on any atom is -0.292 e. The van der Waals surface area contributed by atoms with E-state index in [1.165, 1.54) is 24.2 Å². The molecule has 0 aliphatic heterocycles. The van der Waals surface area contributed by atoms with Crippen molar-refractivity contribution in [3.05, 3.63) is 0 Å². The van der Waals surface area contributed by atoms with Crippen molar-refractivity contribution in [2.24, 2.45) is 4.99 Å². The van der Waals surface area contributed by atoms with Crippen LogP contribution < -0.4 is 0 Å². The van der Waals surface area contributed by atoms with Gasteiger partial charge in [0.05, 0.1) is 13.6 Å². The van der Waals surface area contributed by atoms with Crippen LogP contribution >= 0.6 is 0 Å². The monoisotopic (exact) mass is 213 g/mol. The molecule has 1 nitrogen and oxygen atoms in total. The second-order valence-corrected chi connectivity index (χ2v) is 10.8. The zero-order valence-corrected chi connectivity index (χ0v) is 11.9. The Bertz CT molecular complexity index is 167. The van der Waals surface area contributed by atoms with Crippen LogP contribution in [0.3, 0.4) is 0 Å². The van der Waals surface area contributed by atoms with Crippen LogP contribution in [0.2, 0.25) is 24.2 Å². The van der Waals surface area contributed by atoms with E-state index in [4.69, 9.17) is 0 Å². The largest absolute Gasteiger partial charge is 0.292 e. The molecule has 0 heterocycles. The molecule has 0 saturated heterocycles. The fourth-order valence-electron chi connectivity index (χ4n) is 1.70. The summed E-state index contributed by atoms with van der Waals surface area (Å²) < 4.78 is 0. The summed E-state index contributed by atoms with van der Waals surface area (Å²) in [7, 11) is -0.966. The average molecular weight is 213 g/mol. The normalized spacial score (nSPS) is 13.9. The molecule has 0 amide bonds. The van der Waals surface area contributed by atoms with E-state index < -0.39 is 8.07 Å². The maximum atomic E-state index is 4.59. The molecule has 0 bridgehead atoms. The van der Waals surface area contributed by atoms with Gasteiger partial charge >= 0.3 is 0 Å². The van der Waals surface area contributed by atoms with Crippen LogP contribution in [0.5, 0.6) is 0 Å². The van der Waals surface area contributed by atoms with Crippen molar-refractivity contribution in [3.8, 4) is 0 Å². The molecule has 0 aromatic rings. The maximum Gasteiger partial charge on any atom is 0.0581 e. The summed E-state index contributed by atoms with van der Waals surface area (Å²) in [5.74, 6) is 0. The number of aliphatic imine (C=N–C) groups is 1. The lowest BCUT2D eigenvalue weighted by atomic mass is 10.1. The molecule has 0 spiro atoms. The summed E-state index contributed by atoms with van der Waals surface area (Å²) >= 11 is 0. The molecular weight excluding hydrogens is 186 g/mol. The molecule has 0 N–H and O–H groups in total. The smallest absolute Gasteiger partial charge is 0.0581 e. The first-order valence-electron chi connectivity index (χ1n) is 5.93. The summed E-state index contributed by atoms with van der Waals surface area (Å²) in [4.78, 5) is 4.59. The Morgan fingerprint density at radius 2 is 1.43 bits per heavy atom. The molecule has 0 unspecified atom stereocenters. The van der Waals surface area contributed by atoms with Crippen molar-refractivity contribution < 1.29 is 0 Å². The summed E-state index contributed by atoms with van der Waals surface area (Å²) in [5, 5.41) is 0. The third kappa shape index (κ3) is 4.94. The molecule has 84 valence electrons. The first-order chi connectivity index (χ1) is 6.39. The predicted octanol–water partition coefficient (Wildman–Crippen LogP) is 4.36. The van der Waals surface area contributed by atoms with Crippen molar-refractivity contribution >= 4 is 14.3 Å². The lowest BCUT2D eigenvalue weighted by Crippen LogP contribution is -2.31. The van der Waals surface area contributed by atoms with E-state index in [9.17, 15) is 0 Å². The van der Waals surface area contributed by atoms with Crippen molar-refractivity contribution in [2.45, 2.75) is 71.3 Å². The van der Waals surface area contributed by atoms with Gasteiger partial charge in [-0.25, -0.2) is 0 Å². The fourth-order valence-corrected chi connectivity index (χ4v) is 4.54. The van der Waals surface area contributed by atoms with E-state index in [0.717, 1.165) is 0 Å². The van der Waals surface area contributed by atoms with E-state index >= 15 is 0 Å². The van der Waals surface area contributed by atoms with Gasteiger partial charge in [0.2, 0.25) is 0 Å². The van der Waals surface area contributed by atoms with Crippen LogP contribution in [-0.2, 0) is 0 Å². The Morgan fingerprint density at radius 3 is 1.71 bits per heavy atom. The SMILES string of the molecule is CC[Si](CC)(CC)C/C=N/C(C)(C)C. The van der Waals surface area contributed by atoms with Crippen molar-refractivity contribution in [1.29, 1.82) is 0 Å². The number of hydrogen-bond acceptors (Lipinski definition) is 1. The Balaban J connectivity index is 4.26. The minimum atomic E-state index is -0.966. The van der Waals surface area contributed by atoms with Crippen LogP contribution in [0.25, 0.3) is 0 Å². The molecule has 0 saturated carbocycles. The van der Waals surface area contributed by atoms with Gasteiger partial charge in [0.1, 0.15) is 0 Å². The zero-order valence-electron chi connectivity index (χ0n) is 10.9. The van der Waals surface area contributed by atoms with Gasteiger partial charge in [-0.05, 0) is 33.0 Å². The van der Waals surface area contributed by atoms with Gasteiger partial charge in [-0.3, -0.25) is 4.99 Å². The molecule has 2 heteroatoms. The number of hydrogen-bond donors (Lipinski definition) is 0. The van der Waals surface area contributed by atoms with Crippen LogP contribution in [0.1, 0.15) is 41.5 Å². The Labute approximate surface area is 91.0 Å². The third-order valence-electron chi connectivity index (χ3n) is 3.25. The third-order valence-corrected chi connectivity index (χ3v) is 8.80. The van der Waals surface area contributed by atoms with Crippen LogP contribution in [0.4, 0.5) is 0 Å². The topological polar surface area (TPSA) is 12.4 Å². The summed E-state index contributed by atoms with van der Waals surface area (Å²) in [6.07, 6.45) is 2.20. The highest BCUT2D eigenvalue weighted by Gasteiger charge is 2.25. The Kier molecular flexibility index (Phi) is 5.65. The summed E-state index contributed by atoms with van der Waals surface area (Å²) in [6, 6.07) is 5.47. The average Bonchev–Trinajstić information content (AvgIpc) is 2.11. The van der Waals surface area contributed by atoms with Gasteiger partial charge in [0.25, 0.3) is 0 Å². The fraction of sp³-hybridized carbons (Fsp3) is 0.917. The van der Waals surface area contributed by atoms with Gasteiger partial charge in [0, 0.05) is 0 Å². The van der Waals surface area contributed by atoms with E-state index in [1.807, 2.05) is 0 Å². The van der Waals surface area contributed by atoms with E-state index in [-0.39, 0.29) is 5.54 Å². The van der Waals surface area contributed by atoms with Crippen LogP contribution in [0.15, 0.2) is 4.99 Å². The first kappa shape index (κ1) is 13.9. The van der Waals surface area contributed by atoms with Crippen LogP contribution in [0, 0.1) is 0 Å². The molecule has 0 rings (SSSR count). The van der Waals surface area contributed by atoms with E-state index in [1.54, 1.807) is 0 Å².